The second kappa shape index (κ2) is 10.7. The third-order valence-electron chi connectivity index (χ3n) is 4.31. The average Bonchev–Trinajstić information content (AvgIpc) is 3.12. The molecule has 0 saturated carbocycles. The molecule has 0 saturated heterocycles. The van der Waals surface area contributed by atoms with Crippen LogP contribution in [0.1, 0.15) is 46.0 Å². The highest BCUT2D eigenvalue weighted by Crippen LogP contribution is 2.30. The molecule has 1 aromatic carbocycles. The molecule has 28 heavy (non-hydrogen) atoms. The molecule has 0 fully saturated rings. The molecule has 0 atom stereocenters. The van der Waals surface area contributed by atoms with E-state index in [9.17, 15) is 0 Å². The van der Waals surface area contributed by atoms with Gasteiger partial charge in [0.2, 0.25) is 0 Å². The van der Waals surface area contributed by atoms with E-state index in [1.54, 1.807) is 6.33 Å². The van der Waals surface area contributed by atoms with Gasteiger partial charge < -0.3 is 19.9 Å². The predicted octanol–water partition coefficient (Wildman–Crippen LogP) is 2.77. The number of aromatic nitrogens is 3. The minimum Gasteiger partial charge on any atom is -0.491 e. The van der Waals surface area contributed by atoms with Crippen molar-refractivity contribution in [1.82, 2.24) is 25.4 Å². The smallest absolute Gasteiger partial charge is 0.191 e. The normalized spacial score (nSPS) is 12.1. The fourth-order valence-corrected chi connectivity index (χ4v) is 2.89. The summed E-state index contributed by atoms with van der Waals surface area (Å²) in [4.78, 5) is 4.63. The Kier molecular flexibility index (Phi) is 8.29. The summed E-state index contributed by atoms with van der Waals surface area (Å²) in [6, 6.07) is 8.23. The summed E-state index contributed by atoms with van der Waals surface area (Å²) in [5.74, 6) is 2.72. The standard InChI is InChI=1S/C21H34N6O/c1-6-19-26-25-16-27(19)14-12-23-20(22-7-2)24-13-15-28-18-11-9-8-10-17(18)21(3,4)5/h8-11,16H,6-7,12-15H2,1-5H3,(H2,22,23,24). The van der Waals surface area contributed by atoms with Crippen molar-refractivity contribution in [2.75, 3.05) is 26.2 Å². The SMILES string of the molecule is CCNC(=NCCn1cnnc1CC)NCCOc1ccccc1C(C)(C)C. The van der Waals surface area contributed by atoms with Crippen molar-refractivity contribution in [2.24, 2.45) is 4.99 Å². The first-order valence-electron chi connectivity index (χ1n) is 10.1. The fourth-order valence-electron chi connectivity index (χ4n) is 2.89. The van der Waals surface area contributed by atoms with Gasteiger partial charge in [-0.1, -0.05) is 45.9 Å². The molecule has 0 bridgehead atoms. The first kappa shape index (κ1) is 21.7. The number of hydrogen-bond donors (Lipinski definition) is 2. The number of nitrogens with zero attached hydrogens (tertiary/aromatic N) is 4. The summed E-state index contributed by atoms with van der Waals surface area (Å²) in [6.45, 7) is 14.2. The molecule has 154 valence electrons. The zero-order chi connectivity index (χ0) is 20.4. The molecule has 0 unspecified atom stereocenters. The second-order valence-electron chi connectivity index (χ2n) is 7.58. The third kappa shape index (κ3) is 6.55. The lowest BCUT2D eigenvalue weighted by atomic mass is 9.86. The number of nitrogens with one attached hydrogen (secondary N) is 2. The van der Waals surface area contributed by atoms with Gasteiger partial charge in [0, 0.05) is 19.5 Å². The van der Waals surface area contributed by atoms with Gasteiger partial charge in [-0.3, -0.25) is 4.99 Å². The Balaban J connectivity index is 1.83. The van der Waals surface area contributed by atoms with E-state index >= 15 is 0 Å². The lowest BCUT2D eigenvalue weighted by Crippen LogP contribution is -2.39. The molecule has 0 radical (unpaired) electrons. The lowest BCUT2D eigenvalue weighted by molar-refractivity contribution is 0.313. The van der Waals surface area contributed by atoms with Crippen molar-refractivity contribution in [2.45, 2.75) is 53.0 Å². The summed E-state index contributed by atoms with van der Waals surface area (Å²) in [6.07, 6.45) is 2.63. The van der Waals surface area contributed by atoms with Gasteiger partial charge in [-0.15, -0.1) is 10.2 Å². The molecule has 0 aliphatic rings. The van der Waals surface area contributed by atoms with Crippen LogP contribution in [0, 0.1) is 0 Å². The predicted molar refractivity (Wildman–Crippen MR) is 114 cm³/mol. The van der Waals surface area contributed by atoms with Gasteiger partial charge in [0.15, 0.2) is 5.96 Å². The van der Waals surface area contributed by atoms with Crippen LogP contribution in [0.25, 0.3) is 0 Å². The van der Waals surface area contributed by atoms with Gasteiger partial charge in [0.1, 0.15) is 24.5 Å². The van der Waals surface area contributed by atoms with E-state index in [1.165, 1.54) is 5.56 Å². The largest absolute Gasteiger partial charge is 0.491 e. The van der Waals surface area contributed by atoms with E-state index in [0.717, 1.165) is 37.0 Å². The van der Waals surface area contributed by atoms with Crippen molar-refractivity contribution in [3.8, 4) is 5.75 Å². The molecular formula is C21H34N6O. The van der Waals surface area contributed by atoms with Crippen LogP contribution >= 0.6 is 0 Å². The Morgan fingerprint density at radius 3 is 2.68 bits per heavy atom. The number of rotatable bonds is 9. The maximum atomic E-state index is 6.02. The maximum absolute atomic E-state index is 6.02. The number of guanidine groups is 1. The first-order valence-corrected chi connectivity index (χ1v) is 10.1. The monoisotopic (exact) mass is 386 g/mol. The average molecular weight is 387 g/mol. The van der Waals surface area contributed by atoms with Gasteiger partial charge in [0.05, 0.1) is 13.1 Å². The van der Waals surface area contributed by atoms with Gasteiger partial charge in [-0.25, -0.2) is 0 Å². The second-order valence-corrected chi connectivity index (χ2v) is 7.58. The zero-order valence-electron chi connectivity index (χ0n) is 17.8. The lowest BCUT2D eigenvalue weighted by Gasteiger charge is -2.22. The Morgan fingerprint density at radius 2 is 1.96 bits per heavy atom. The number of aliphatic imine (C=N–C) groups is 1. The molecule has 0 spiro atoms. The van der Waals surface area contributed by atoms with E-state index in [4.69, 9.17) is 4.74 Å². The van der Waals surface area contributed by atoms with Crippen LogP contribution in [-0.4, -0.2) is 47.0 Å². The number of ether oxygens (including phenoxy) is 1. The van der Waals surface area contributed by atoms with Crippen LogP contribution < -0.4 is 15.4 Å². The van der Waals surface area contributed by atoms with E-state index < -0.39 is 0 Å². The highest BCUT2D eigenvalue weighted by molar-refractivity contribution is 5.79. The number of para-hydroxylation sites is 1. The van der Waals surface area contributed by atoms with E-state index in [0.29, 0.717) is 19.7 Å². The summed E-state index contributed by atoms with van der Waals surface area (Å²) in [7, 11) is 0. The highest BCUT2D eigenvalue weighted by Gasteiger charge is 2.18. The molecule has 2 rings (SSSR count). The Morgan fingerprint density at radius 1 is 1.18 bits per heavy atom. The van der Waals surface area contributed by atoms with Crippen molar-refractivity contribution in [3.63, 3.8) is 0 Å². The Labute approximate surface area is 168 Å². The summed E-state index contributed by atoms with van der Waals surface area (Å²) < 4.78 is 8.06. The quantitative estimate of drug-likeness (QED) is 0.394. The van der Waals surface area contributed by atoms with Gasteiger partial charge in [-0.05, 0) is 24.0 Å². The van der Waals surface area contributed by atoms with Gasteiger partial charge in [-0.2, -0.15) is 0 Å². The fraction of sp³-hybridized carbons (Fsp3) is 0.571. The van der Waals surface area contributed by atoms with Crippen LogP contribution in [0.5, 0.6) is 5.75 Å². The van der Waals surface area contributed by atoms with Crippen LogP contribution in [0.3, 0.4) is 0 Å². The van der Waals surface area contributed by atoms with Gasteiger partial charge >= 0.3 is 0 Å². The molecule has 7 heteroatoms. The van der Waals surface area contributed by atoms with Crippen molar-refractivity contribution in [3.05, 3.63) is 42.0 Å². The molecule has 2 aromatic rings. The minimum absolute atomic E-state index is 0.0555. The summed E-state index contributed by atoms with van der Waals surface area (Å²) >= 11 is 0. The number of benzene rings is 1. The third-order valence-corrected chi connectivity index (χ3v) is 4.31. The molecular weight excluding hydrogens is 352 g/mol. The van der Waals surface area contributed by atoms with Crippen LogP contribution in [0.4, 0.5) is 0 Å². The molecule has 1 heterocycles. The minimum atomic E-state index is 0.0555. The number of hydrogen-bond acceptors (Lipinski definition) is 4. The first-order chi connectivity index (χ1) is 13.5. The van der Waals surface area contributed by atoms with Crippen LogP contribution in [-0.2, 0) is 18.4 Å². The van der Waals surface area contributed by atoms with E-state index in [1.807, 2.05) is 16.7 Å². The molecule has 0 aliphatic heterocycles. The highest BCUT2D eigenvalue weighted by atomic mass is 16.5. The number of aryl methyl sites for hydroxylation is 1. The topological polar surface area (TPSA) is 76.4 Å². The van der Waals surface area contributed by atoms with E-state index in [2.05, 4.69) is 72.6 Å². The molecule has 0 aliphatic carbocycles. The maximum Gasteiger partial charge on any atom is 0.191 e. The van der Waals surface area contributed by atoms with Crippen molar-refractivity contribution in [1.29, 1.82) is 0 Å². The molecule has 7 nitrogen and oxygen atoms in total. The van der Waals surface area contributed by atoms with Crippen molar-refractivity contribution >= 4 is 5.96 Å². The zero-order valence-corrected chi connectivity index (χ0v) is 17.8. The Hall–Kier alpha value is -2.57. The molecule has 2 N–H and O–H groups in total. The van der Waals surface area contributed by atoms with Gasteiger partial charge in [0.25, 0.3) is 0 Å². The molecule has 1 aromatic heterocycles. The van der Waals surface area contributed by atoms with Crippen LogP contribution in [0.15, 0.2) is 35.6 Å². The molecule has 0 amide bonds. The Bertz CT molecular complexity index is 747. The van der Waals surface area contributed by atoms with Crippen LogP contribution in [0.2, 0.25) is 0 Å². The summed E-state index contributed by atoms with van der Waals surface area (Å²) in [5.41, 5.74) is 1.27. The summed E-state index contributed by atoms with van der Waals surface area (Å²) in [5, 5.41) is 14.7. The van der Waals surface area contributed by atoms with E-state index in [-0.39, 0.29) is 5.41 Å². The van der Waals surface area contributed by atoms with Crippen molar-refractivity contribution < 1.29 is 4.74 Å².